The van der Waals surface area contributed by atoms with Gasteiger partial charge in [-0.15, -0.1) is 0 Å². The van der Waals surface area contributed by atoms with Crippen LogP contribution in [0.15, 0.2) is 97.1 Å². The van der Waals surface area contributed by atoms with Gasteiger partial charge in [0.15, 0.2) is 57.6 Å². The molecule has 0 spiro atoms. The normalized spacial score (nSPS) is 16.9. The molecule has 0 fully saturated rings. The second kappa shape index (κ2) is 45.2. The fraction of sp³-hybridized carbons (Fsp3) is 0.556. The van der Waals surface area contributed by atoms with Crippen LogP contribution in [0.4, 0.5) is 0 Å². The molecule has 94 heavy (non-hydrogen) atoms. The molecule has 0 bridgehead atoms. The third kappa shape index (κ3) is 29.6. The summed E-state index contributed by atoms with van der Waals surface area (Å²) >= 11 is 0. The molecule has 6 rings (SSSR count). The van der Waals surface area contributed by atoms with E-state index in [9.17, 15) is 19.2 Å². The van der Waals surface area contributed by atoms with Gasteiger partial charge in [0.25, 0.3) is 0 Å². The maximum atomic E-state index is 13.8. The number of carbonyl (C=O) groups excluding carboxylic acids is 4. The number of fused-ring (bicyclic) bond motifs is 4. The first-order chi connectivity index (χ1) is 45.9. The second-order valence-corrected chi connectivity index (χ2v) is 22.5. The zero-order chi connectivity index (χ0) is 66.8. The molecule has 2 atom stereocenters. The zero-order valence-electron chi connectivity index (χ0n) is 55.5. The topological polar surface area (TPSA) is 234 Å². The van der Waals surface area contributed by atoms with Crippen LogP contribution in [0.2, 0.25) is 0 Å². The highest BCUT2D eigenvalue weighted by atomic mass is 16.6. The first-order valence-corrected chi connectivity index (χ1v) is 32.8. The van der Waals surface area contributed by atoms with E-state index < -0.39 is 11.9 Å². The number of benzene rings is 4. The molecule has 4 aromatic carbocycles. The first kappa shape index (κ1) is 75.7. The van der Waals surface area contributed by atoms with Crippen LogP contribution in [0.5, 0.6) is 46.0 Å². The van der Waals surface area contributed by atoms with Gasteiger partial charge in [-0.1, -0.05) is 77.7 Å². The summed E-state index contributed by atoms with van der Waals surface area (Å²) in [6.45, 7) is 21.6. The van der Waals surface area contributed by atoms with Crippen LogP contribution in [-0.4, -0.2) is 182 Å². The van der Waals surface area contributed by atoms with Crippen LogP contribution in [0, 0.1) is 11.8 Å². The van der Waals surface area contributed by atoms with Crippen LogP contribution in [0.25, 0.3) is 0 Å². The minimum Gasteiger partial charge on any atom is -0.487 e. The van der Waals surface area contributed by atoms with E-state index in [0.717, 1.165) is 62.5 Å². The average Bonchev–Trinajstić information content (AvgIpc) is 2.44. The number of ketones is 2. The lowest BCUT2D eigenvalue weighted by Gasteiger charge is -2.16. The molecule has 0 aliphatic carbocycles. The lowest BCUT2D eigenvalue weighted by atomic mass is 9.92. The van der Waals surface area contributed by atoms with Crippen molar-refractivity contribution < 1.29 is 104 Å². The Balaban J connectivity index is 0.873. The summed E-state index contributed by atoms with van der Waals surface area (Å²) in [7, 11) is 0. The predicted octanol–water partition coefficient (Wildman–Crippen LogP) is 11.0. The number of ether oxygens (including phenoxy) is 18. The summed E-state index contributed by atoms with van der Waals surface area (Å²) in [5, 5.41) is 0. The Hall–Kier alpha value is -7.28. The molecule has 0 aromatic heterocycles. The molecule has 22 nitrogen and oxygen atoms in total. The van der Waals surface area contributed by atoms with Gasteiger partial charge in [0.05, 0.1) is 106 Å². The van der Waals surface area contributed by atoms with Crippen molar-refractivity contribution in [3.63, 3.8) is 0 Å². The summed E-state index contributed by atoms with van der Waals surface area (Å²) in [4.78, 5) is 51.4. The van der Waals surface area contributed by atoms with E-state index in [1.165, 1.54) is 0 Å². The Kier molecular flexibility index (Phi) is 36.4. The third-order valence-corrected chi connectivity index (χ3v) is 14.7. The standard InChI is InChI=1S/C72H98O22/c1-53(2)71(75)93-51-57-15-19-61-65(47-57)89-43-35-81-27-23-79-33-41-87-63-21-17-59(49-67(63)91-45-37-83-29-25-77-31-39-85-61)69(73)55(5)13-11-9-7-8-10-12-14-56(6)70(74)60-18-22-64-68(50-60)92-46-38-84-30-26-78-32-40-86-62-20-16-58(52-94-72(76)54(3)4)48-66(62)90-44-36-82-28-24-80-34-42-88-64/h15-22,47-50,55-56H,1,3,7-14,23-46,51-52H2,2,4-6H3. The molecular formula is C72H98O22. The first-order valence-electron chi connectivity index (χ1n) is 32.8. The maximum absolute atomic E-state index is 13.8. The van der Waals surface area contributed by atoms with E-state index >= 15 is 0 Å². The van der Waals surface area contributed by atoms with Gasteiger partial charge >= 0.3 is 11.9 Å². The number of unbranched alkanes of at least 4 members (excludes halogenated alkanes) is 5. The molecule has 2 aliphatic heterocycles. The Morgan fingerprint density at radius 2 is 0.564 bits per heavy atom. The maximum Gasteiger partial charge on any atom is 0.333 e. The summed E-state index contributed by atoms with van der Waals surface area (Å²) in [5.74, 6) is 2.65. The number of hydrogen-bond acceptors (Lipinski definition) is 22. The molecule has 518 valence electrons. The molecule has 0 saturated heterocycles. The van der Waals surface area contributed by atoms with Crippen molar-refractivity contribution in [1.29, 1.82) is 0 Å². The highest BCUT2D eigenvalue weighted by molar-refractivity contribution is 5.99. The van der Waals surface area contributed by atoms with E-state index in [4.69, 9.17) is 85.3 Å². The van der Waals surface area contributed by atoms with Crippen LogP contribution in [0.1, 0.15) is 111 Å². The molecule has 0 saturated carbocycles. The number of rotatable bonds is 19. The van der Waals surface area contributed by atoms with E-state index in [0.29, 0.717) is 161 Å². The zero-order valence-corrected chi connectivity index (χ0v) is 55.5. The Labute approximate surface area is 553 Å². The fourth-order valence-electron chi connectivity index (χ4n) is 9.49. The van der Waals surface area contributed by atoms with E-state index in [1.807, 2.05) is 13.8 Å². The van der Waals surface area contributed by atoms with Crippen LogP contribution >= 0.6 is 0 Å². The van der Waals surface area contributed by atoms with Gasteiger partial charge in [0.1, 0.15) is 66.1 Å². The molecule has 2 aliphatic rings. The number of hydrogen-bond donors (Lipinski definition) is 0. The minimum atomic E-state index is -0.474. The highest BCUT2D eigenvalue weighted by Gasteiger charge is 2.21. The van der Waals surface area contributed by atoms with Gasteiger partial charge in [-0.25, -0.2) is 9.59 Å². The van der Waals surface area contributed by atoms with E-state index in [-0.39, 0.29) is 103 Å². The minimum absolute atomic E-state index is 0.0400. The molecule has 0 amide bonds. The Morgan fingerprint density at radius 3 is 0.840 bits per heavy atom. The summed E-state index contributed by atoms with van der Waals surface area (Å²) in [6.07, 6.45) is 7.44. The number of carbonyl (C=O) groups is 4. The van der Waals surface area contributed by atoms with Crippen molar-refractivity contribution in [3.05, 3.63) is 119 Å². The molecule has 4 aromatic rings. The predicted molar refractivity (Wildman–Crippen MR) is 349 cm³/mol. The van der Waals surface area contributed by atoms with Crippen LogP contribution in [-0.2, 0) is 70.2 Å². The van der Waals surface area contributed by atoms with Gasteiger partial charge in [-0.05, 0) is 98.5 Å². The summed E-state index contributed by atoms with van der Waals surface area (Å²) in [5.41, 5.74) is 3.20. The summed E-state index contributed by atoms with van der Waals surface area (Å²) in [6, 6.07) is 21.3. The number of Topliss-reactive ketones (excluding diaryl/α,β-unsaturated/α-hetero) is 2. The van der Waals surface area contributed by atoms with E-state index in [2.05, 4.69) is 13.2 Å². The average molecular weight is 1320 g/mol. The molecule has 2 heterocycles. The largest absolute Gasteiger partial charge is 0.487 e. The van der Waals surface area contributed by atoms with Gasteiger partial charge < -0.3 is 85.3 Å². The highest BCUT2D eigenvalue weighted by Crippen LogP contribution is 2.34. The van der Waals surface area contributed by atoms with Crippen LogP contribution < -0.4 is 37.9 Å². The number of esters is 2. The van der Waals surface area contributed by atoms with E-state index in [1.54, 1.807) is 86.6 Å². The Bertz CT molecular complexity index is 2720. The van der Waals surface area contributed by atoms with Crippen molar-refractivity contribution in [3.8, 4) is 46.0 Å². The van der Waals surface area contributed by atoms with Gasteiger partial charge in [-0.2, -0.15) is 0 Å². The van der Waals surface area contributed by atoms with Crippen molar-refractivity contribution >= 4 is 23.5 Å². The lowest BCUT2D eigenvalue weighted by molar-refractivity contribution is -0.141. The van der Waals surface area contributed by atoms with Crippen LogP contribution in [0.3, 0.4) is 0 Å². The smallest absolute Gasteiger partial charge is 0.333 e. The van der Waals surface area contributed by atoms with Gasteiger partial charge in [-0.3, -0.25) is 9.59 Å². The van der Waals surface area contributed by atoms with Gasteiger partial charge in [0, 0.05) is 34.1 Å². The second-order valence-electron chi connectivity index (χ2n) is 22.5. The van der Waals surface area contributed by atoms with Crippen molar-refractivity contribution in [2.24, 2.45) is 11.8 Å². The van der Waals surface area contributed by atoms with Crippen molar-refractivity contribution in [1.82, 2.24) is 0 Å². The van der Waals surface area contributed by atoms with Crippen molar-refractivity contribution in [2.45, 2.75) is 92.3 Å². The Morgan fingerprint density at radius 1 is 0.330 bits per heavy atom. The molecule has 2 unspecified atom stereocenters. The molecule has 22 heteroatoms. The van der Waals surface area contributed by atoms with Crippen molar-refractivity contribution in [2.75, 3.05) is 159 Å². The summed E-state index contributed by atoms with van der Waals surface area (Å²) < 4.78 is 105. The molecule has 0 radical (unpaired) electrons. The lowest BCUT2D eigenvalue weighted by Crippen LogP contribution is -2.16. The molecule has 0 N–H and O–H groups in total. The fourth-order valence-corrected chi connectivity index (χ4v) is 9.49. The third-order valence-electron chi connectivity index (χ3n) is 14.7. The monoisotopic (exact) mass is 1310 g/mol. The SMILES string of the molecule is C=C(C)C(=O)OCc1ccc2c(c1)OCCOCCOCCOc1ccc(C(=O)C(C)CCCCCCCCC(C)C(=O)c3ccc4c(c3)OCCOCCOCCOc3ccc(COC(=O)C(=C)C)cc3OCCOCCOCCO4)cc1OCCOCCOCCO2. The van der Waals surface area contributed by atoms with Gasteiger partial charge in [0.2, 0.25) is 0 Å². The molecular weight excluding hydrogens is 1220 g/mol. The quantitative estimate of drug-likeness (QED) is 0.0367.